The largest absolute Gasteiger partial charge is 0.478 e. The molecule has 26 heavy (non-hydrogen) atoms. The van der Waals surface area contributed by atoms with Crippen molar-refractivity contribution in [3.63, 3.8) is 0 Å². The first-order valence-corrected chi connectivity index (χ1v) is 8.72. The molecule has 1 unspecified atom stereocenters. The standard InChI is InChI=1S/C18H24N4O4/c1-2-25-18(23)15(12-19)13-20-16-4-5-17(21-14-16)26-9-3-6-22-7-10-24-11-8-22/h4-5,13-15H,2-3,6-11H2,1H3. The van der Waals surface area contributed by atoms with Crippen LogP contribution in [0.1, 0.15) is 13.3 Å². The smallest absolute Gasteiger partial charge is 0.328 e. The van der Waals surface area contributed by atoms with Gasteiger partial charge in [-0.15, -0.1) is 0 Å². The maximum absolute atomic E-state index is 11.5. The maximum atomic E-state index is 11.5. The summed E-state index contributed by atoms with van der Waals surface area (Å²) >= 11 is 0. The van der Waals surface area contributed by atoms with Crippen molar-refractivity contribution in [1.82, 2.24) is 9.88 Å². The molecule has 1 aromatic rings. The van der Waals surface area contributed by atoms with Crippen LogP contribution in [-0.2, 0) is 14.3 Å². The number of nitriles is 1. The van der Waals surface area contributed by atoms with Crippen LogP contribution in [0.2, 0.25) is 0 Å². The second kappa shape index (κ2) is 11.2. The van der Waals surface area contributed by atoms with Gasteiger partial charge in [-0.3, -0.25) is 14.7 Å². The molecule has 1 saturated heterocycles. The second-order valence-electron chi connectivity index (χ2n) is 5.65. The third-order valence-electron chi connectivity index (χ3n) is 3.75. The Balaban J connectivity index is 1.74. The highest BCUT2D eigenvalue weighted by atomic mass is 16.5. The fraction of sp³-hybridized carbons (Fsp3) is 0.556. The number of nitrogens with zero attached hydrogens (tertiary/aromatic N) is 4. The lowest BCUT2D eigenvalue weighted by molar-refractivity contribution is -0.143. The molecular weight excluding hydrogens is 336 g/mol. The van der Waals surface area contributed by atoms with Crippen LogP contribution in [-0.4, -0.2) is 68.1 Å². The maximum Gasteiger partial charge on any atom is 0.328 e. The fourth-order valence-electron chi connectivity index (χ4n) is 2.36. The van der Waals surface area contributed by atoms with E-state index >= 15 is 0 Å². The summed E-state index contributed by atoms with van der Waals surface area (Å²) in [7, 11) is 0. The quantitative estimate of drug-likeness (QED) is 0.375. The van der Waals surface area contributed by atoms with Gasteiger partial charge in [-0.05, 0) is 19.4 Å². The molecular formula is C18H24N4O4. The number of hydrogen-bond acceptors (Lipinski definition) is 8. The van der Waals surface area contributed by atoms with Gasteiger partial charge in [-0.1, -0.05) is 0 Å². The van der Waals surface area contributed by atoms with E-state index in [0.29, 0.717) is 18.2 Å². The summed E-state index contributed by atoms with van der Waals surface area (Å²) in [6.07, 6.45) is 3.72. The number of carbonyl (C=O) groups excluding carboxylic acids is 1. The van der Waals surface area contributed by atoms with Crippen molar-refractivity contribution < 1.29 is 19.0 Å². The zero-order valence-corrected chi connectivity index (χ0v) is 15.0. The van der Waals surface area contributed by atoms with Crippen molar-refractivity contribution >= 4 is 17.9 Å². The van der Waals surface area contributed by atoms with Gasteiger partial charge in [0.2, 0.25) is 5.88 Å². The lowest BCUT2D eigenvalue weighted by Gasteiger charge is -2.26. The third kappa shape index (κ3) is 6.78. The third-order valence-corrected chi connectivity index (χ3v) is 3.75. The van der Waals surface area contributed by atoms with E-state index in [1.165, 1.54) is 12.4 Å². The molecule has 0 radical (unpaired) electrons. The summed E-state index contributed by atoms with van der Waals surface area (Å²) in [5.41, 5.74) is 0.537. The highest BCUT2D eigenvalue weighted by Gasteiger charge is 2.16. The molecule has 0 amide bonds. The van der Waals surface area contributed by atoms with Gasteiger partial charge >= 0.3 is 5.97 Å². The molecule has 8 heteroatoms. The summed E-state index contributed by atoms with van der Waals surface area (Å²) in [6.45, 7) is 7.03. The lowest BCUT2D eigenvalue weighted by Crippen LogP contribution is -2.37. The molecule has 0 aliphatic carbocycles. The average Bonchev–Trinajstić information content (AvgIpc) is 2.68. The van der Waals surface area contributed by atoms with Gasteiger partial charge in [-0.2, -0.15) is 5.26 Å². The average molecular weight is 360 g/mol. The molecule has 0 N–H and O–H groups in total. The minimum absolute atomic E-state index is 0.226. The molecule has 0 spiro atoms. The Bertz CT molecular complexity index is 621. The van der Waals surface area contributed by atoms with Crippen LogP contribution in [0.15, 0.2) is 23.3 Å². The lowest BCUT2D eigenvalue weighted by atomic mass is 10.2. The minimum atomic E-state index is -1.02. The van der Waals surface area contributed by atoms with Gasteiger partial charge in [0.05, 0.1) is 44.4 Å². The first-order valence-electron chi connectivity index (χ1n) is 8.72. The second-order valence-corrected chi connectivity index (χ2v) is 5.65. The molecule has 8 nitrogen and oxygen atoms in total. The van der Waals surface area contributed by atoms with Crippen molar-refractivity contribution in [3.05, 3.63) is 18.3 Å². The predicted octanol–water partition coefficient (Wildman–Crippen LogP) is 1.59. The molecule has 0 aromatic carbocycles. The van der Waals surface area contributed by atoms with Gasteiger partial charge in [0, 0.05) is 31.9 Å². The zero-order chi connectivity index (χ0) is 18.6. The normalized spacial score (nSPS) is 16.2. The first kappa shape index (κ1) is 19.8. The van der Waals surface area contributed by atoms with Crippen molar-refractivity contribution in [2.24, 2.45) is 10.9 Å². The topological polar surface area (TPSA) is 97.0 Å². The van der Waals surface area contributed by atoms with Gasteiger partial charge < -0.3 is 14.2 Å². The molecule has 0 saturated carbocycles. The number of ether oxygens (including phenoxy) is 3. The summed E-state index contributed by atoms with van der Waals surface area (Å²) in [5, 5.41) is 8.97. The molecule has 1 atom stereocenters. The molecule has 0 bridgehead atoms. The van der Waals surface area contributed by atoms with Gasteiger partial charge in [-0.25, -0.2) is 4.98 Å². The molecule has 1 fully saturated rings. The Morgan fingerprint density at radius 2 is 2.31 bits per heavy atom. The fourth-order valence-corrected chi connectivity index (χ4v) is 2.36. The van der Waals surface area contributed by atoms with Gasteiger partial charge in [0.25, 0.3) is 0 Å². The summed E-state index contributed by atoms with van der Waals surface area (Å²) < 4.78 is 15.7. The van der Waals surface area contributed by atoms with Crippen molar-refractivity contribution in [2.45, 2.75) is 13.3 Å². The van der Waals surface area contributed by atoms with Crippen LogP contribution in [0.5, 0.6) is 5.88 Å². The molecule has 1 aliphatic rings. The molecule has 140 valence electrons. The van der Waals surface area contributed by atoms with E-state index in [1.54, 1.807) is 19.1 Å². The number of rotatable bonds is 9. The van der Waals surface area contributed by atoms with E-state index in [2.05, 4.69) is 14.9 Å². The monoisotopic (exact) mass is 360 g/mol. The van der Waals surface area contributed by atoms with Crippen molar-refractivity contribution in [1.29, 1.82) is 5.26 Å². The van der Waals surface area contributed by atoms with Crippen LogP contribution in [0.4, 0.5) is 5.69 Å². The van der Waals surface area contributed by atoms with Crippen molar-refractivity contribution in [2.75, 3.05) is 46.1 Å². The van der Waals surface area contributed by atoms with E-state index in [-0.39, 0.29) is 6.61 Å². The highest BCUT2D eigenvalue weighted by Crippen LogP contribution is 2.15. The number of hydrogen-bond donors (Lipinski definition) is 0. The molecule has 1 aliphatic heterocycles. The minimum Gasteiger partial charge on any atom is -0.478 e. The first-order chi connectivity index (χ1) is 12.7. The summed E-state index contributed by atoms with van der Waals surface area (Å²) in [4.78, 5) is 22.2. The van der Waals surface area contributed by atoms with E-state index in [9.17, 15) is 4.79 Å². The Morgan fingerprint density at radius 1 is 1.50 bits per heavy atom. The Labute approximate surface area is 153 Å². The van der Waals surface area contributed by atoms with Crippen molar-refractivity contribution in [3.8, 4) is 11.9 Å². The number of pyridine rings is 1. The summed E-state index contributed by atoms with van der Waals surface area (Å²) in [6, 6.07) is 5.29. The van der Waals surface area contributed by atoms with E-state index < -0.39 is 11.9 Å². The van der Waals surface area contributed by atoms with Crippen LogP contribution in [0, 0.1) is 17.2 Å². The van der Waals surface area contributed by atoms with E-state index in [1.807, 2.05) is 6.07 Å². The van der Waals surface area contributed by atoms with Gasteiger partial charge in [0.1, 0.15) is 0 Å². The van der Waals surface area contributed by atoms with Crippen LogP contribution in [0.3, 0.4) is 0 Å². The number of aliphatic imine (C=N–C) groups is 1. The van der Waals surface area contributed by atoms with E-state index in [4.69, 9.17) is 19.5 Å². The Kier molecular flexibility index (Phi) is 8.52. The van der Waals surface area contributed by atoms with Gasteiger partial charge in [0.15, 0.2) is 5.92 Å². The molecule has 2 rings (SSSR count). The predicted molar refractivity (Wildman–Crippen MR) is 95.5 cm³/mol. The van der Waals surface area contributed by atoms with Crippen LogP contribution in [0.25, 0.3) is 0 Å². The number of carbonyl (C=O) groups is 1. The van der Waals surface area contributed by atoms with Crippen LogP contribution >= 0.6 is 0 Å². The summed E-state index contributed by atoms with van der Waals surface area (Å²) in [5.74, 6) is -1.11. The molecule has 2 heterocycles. The van der Waals surface area contributed by atoms with E-state index in [0.717, 1.165) is 39.3 Å². The number of aromatic nitrogens is 1. The Hall–Kier alpha value is -2.50. The SMILES string of the molecule is CCOC(=O)C(C#N)C=Nc1ccc(OCCCN2CCOCC2)nc1. The molecule has 1 aromatic heterocycles. The zero-order valence-electron chi connectivity index (χ0n) is 15.0. The van der Waals surface area contributed by atoms with Crippen LogP contribution < -0.4 is 4.74 Å². The number of morpholine rings is 1. The number of esters is 1. The highest BCUT2D eigenvalue weighted by molar-refractivity contribution is 5.93. The Morgan fingerprint density at radius 3 is 2.96 bits per heavy atom.